The Hall–Kier alpha value is -2.54. The van der Waals surface area contributed by atoms with Crippen molar-refractivity contribution in [1.82, 2.24) is 4.90 Å². The van der Waals surface area contributed by atoms with Crippen molar-refractivity contribution in [3.05, 3.63) is 46.2 Å². The van der Waals surface area contributed by atoms with Gasteiger partial charge in [0.15, 0.2) is 18.1 Å². The van der Waals surface area contributed by atoms with Gasteiger partial charge in [-0.3, -0.25) is 9.59 Å². The topological polar surface area (TPSA) is 81.9 Å². The fourth-order valence-corrected chi connectivity index (χ4v) is 4.26. The summed E-state index contributed by atoms with van der Waals surface area (Å²) in [6.07, 6.45) is 5.61. The SMILES string of the molecule is COc1cc(CN(C(=O)c2cccs2)C2CCCCC2)ccc1OCC(N)=O. The van der Waals surface area contributed by atoms with Gasteiger partial charge in [0.2, 0.25) is 0 Å². The van der Waals surface area contributed by atoms with Gasteiger partial charge in [0.1, 0.15) is 0 Å². The van der Waals surface area contributed by atoms with Gasteiger partial charge in [-0.1, -0.05) is 31.4 Å². The zero-order valence-electron chi connectivity index (χ0n) is 16.1. The van der Waals surface area contributed by atoms with Crippen LogP contribution in [0.15, 0.2) is 35.7 Å². The van der Waals surface area contributed by atoms with E-state index in [0.29, 0.717) is 18.0 Å². The van der Waals surface area contributed by atoms with Gasteiger partial charge in [-0.25, -0.2) is 0 Å². The average molecular weight is 403 g/mol. The Kier molecular flexibility index (Phi) is 6.92. The van der Waals surface area contributed by atoms with Gasteiger partial charge in [0.25, 0.3) is 11.8 Å². The molecule has 0 aliphatic heterocycles. The molecule has 1 aromatic carbocycles. The normalized spacial score (nSPS) is 14.5. The number of benzene rings is 1. The van der Waals surface area contributed by atoms with Crippen LogP contribution >= 0.6 is 11.3 Å². The van der Waals surface area contributed by atoms with Gasteiger partial charge in [-0.15, -0.1) is 11.3 Å². The number of thiophene rings is 1. The first-order valence-corrected chi connectivity index (χ1v) is 10.4. The Morgan fingerprint density at radius 2 is 1.96 bits per heavy atom. The number of carbonyl (C=O) groups is 2. The average Bonchev–Trinajstić information content (AvgIpc) is 3.25. The number of nitrogens with two attached hydrogens (primary N) is 1. The van der Waals surface area contributed by atoms with Crippen LogP contribution in [0.3, 0.4) is 0 Å². The lowest BCUT2D eigenvalue weighted by molar-refractivity contribution is -0.119. The van der Waals surface area contributed by atoms with Gasteiger partial charge in [0.05, 0.1) is 12.0 Å². The molecule has 0 bridgehead atoms. The number of amides is 2. The fourth-order valence-electron chi connectivity index (χ4n) is 3.58. The number of hydrogen-bond donors (Lipinski definition) is 1. The Morgan fingerprint density at radius 3 is 2.61 bits per heavy atom. The van der Waals surface area contributed by atoms with E-state index in [1.54, 1.807) is 13.2 Å². The minimum atomic E-state index is -0.545. The van der Waals surface area contributed by atoms with Gasteiger partial charge >= 0.3 is 0 Å². The zero-order chi connectivity index (χ0) is 19.9. The predicted molar refractivity (Wildman–Crippen MR) is 109 cm³/mol. The molecule has 7 heteroatoms. The maximum atomic E-state index is 13.1. The fraction of sp³-hybridized carbons (Fsp3) is 0.429. The standard InChI is InChI=1S/C21H26N2O4S/c1-26-18-12-15(9-10-17(18)27-14-20(22)24)13-23(16-6-3-2-4-7-16)21(25)19-8-5-11-28-19/h5,8-12,16H,2-4,6-7,13-14H2,1H3,(H2,22,24). The van der Waals surface area contributed by atoms with Crippen molar-refractivity contribution in [2.24, 2.45) is 5.73 Å². The Morgan fingerprint density at radius 1 is 1.18 bits per heavy atom. The monoisotopic (exact) mass is 402 g/mol. The van der Waals surface area contributed by atoms with Crippen molar-refractivity contribution >= 4 is 23.2 Å². The molecule has 28 heavy (non-hydrogen) atoms. The quantitative estimate of drug-likeness (QED) is 0.731. The second-order valence-electron chi connectivity index (χ2n) is 6.94. The number of nitrogens with zero attached hydrogens (tertiary/aromatic N) is 1. The third kappa shape index (κ3) is 5.04. The highest BCUT2D eigenvalue weighted by Gasteiger charge is 2.27. The summed E-state index contributed by atoms with van der Waals surface area (Å²) in [6, 6.07) is 9.55. The van der Waals surface area contributed by atoms with Crippen molar-refractivity contribution in [2.45, 2.75) is 44.7 Å². The summed E-state index contributed by atoms with van der Waals surface area (Å²) in [4.78, 5) is 26.9. The number of rotatable bonds is 8. The Labute approximate surface area is 169 Å². The summed E-state index contributed by atoms with van der Waals surface area (Å²) in [7, 11) is 1.55. The molecule has 0 spiro atoms. The number of primary amides is 1. The number of hydrogen-bond acceptors (Lipinski definition) is 5. The van der Waals surface area contributed by atoms with E-state index in [-0.39, 0.29) is 18.6 Å². The molecular formula is C21H26N2O4S. The maximum absolute atomic E-state index is 13.1. The van der Waals surface area contributed by atoms with Gasteiger partial charge in [-0.05, 0) is 42.0 Å². The van der Waals surface area contributed by atoms with E-state index in [9.17, 15) is 9.59 Å². The van der Waals surface area contributed by atoms with Gasteiger partial charge in [0, 0.05) is 12.6 Å². The molecule has 3 rings (SSSR count). The highest BCUT2D eigenvalue weighted by atomic mass is 32.1. The van der Waals surface area contributed by atoms with Crippen LogP contribution in [0.2, 0.25) is 0 Å². The Bertz CT molecular complexity index is 801. The molecular weight excluding hydrogens is 376 g/mol. The van der Waals surface area contributed by atoms with E-state index in [0.717, 1.165) is 36.1 Å². The minimum Gasteiger partial charge on any atom is -0.493 e. The number of methoxy groups -OCH3 is 1. The summed E-state index contributed by atoms with van der Waals surface area (Å²) in [5, 5.41) is 1.93. The lowest BCUT2D eigenvalue weighted by Gasteiger charge is -2.34. The molecule has 1 aliphatic rings. The van der Waals surface area contributed by atoms with Crippen LogP contribution < -0.4 is 15.2 Å². The predicted octanol–water partition coefficient (Wildman–Crippen LogP) is 3.60. The van der Waals surface area contributed by atoms with E-state index >= 15 is 0 Å². The third-order valence-electron chi connectivity index (χ3n) is 4.96. The molecule has 0 saturated heterocycles. The molecule has 2 amide bonds. The lowest BCUT2D eigenvalue weighted by Crippen LogP contribution is -2.40. The molecule has 2 aromatic rings. The van der Waals surface area contributed by atoms with Crippen molar-refractivity contribution in [1.29, 1.82) is 0 Å². The van der Waals surface area contributed by atoms with E-state index in [4.69, 9.17) is 15.2 Å². The molecule has 1 saturated carbocycles. The first kappa shape index (κ1) is 20.2. The van der Waals surface area contributed by atoms with Crippen molar-refractivity contribution in [3.63, 3.8) is 0 Å². The molecule has 0 atom stereocenters. The van der Waals surface area contributed by atoms with Gasteiger partial charge < -0.3 is 20.1 Å². The van der Waals surface area contributed by atoms with Crippen molar-refractivity contribution in [2.75, 3.05) is 13.7 Å². The zero-order valence-corrected chi connectivity index (χ0v) is 16.9. The van der Waals surface area contributed by atoms with Crippen LogP contribution in [-0.2, 0) is 11.3 Å². The molecule has 6 nitrogen and oxygen atoms in total. The molecule has 2 N–H and O–H groups in total. The molecule has 1 fully saturated rings. The summed E-state index contributed by atoms with van der Waals surface area (Å²) in [5.74, 6) is 0.510. The molecule has 0 unspecified atom stereocenters. The summed E-state index contributed by atoms with van der Waals surface area (Å²) in [5.41, 5.74) is 6.10. The Balaban J connectivity index is 1.81. The van der Waals surface area contributed by atoms with E-state index in [1.165, 1.54) is 17.8 Å². The highest BCUT2D eigenvalue weighted by Crippen LogP contribution is 2.31. The smallest absolute Gasteiger partial charge is 0.264 e. The van der Waals surface area contributed by atoms with Gasteiger partial charge in [-0.2, -0.15) is 0 Å². The highest BCUT2D eigenvalue weighted by molar-refractivity contribution is 7.12. The molecule has 1 aliphatic carbocycles. The number of carbonyl (C=O) groups excluding carboxylic acids is 2. The maximum Gasteiger partial charge on any atom is 0.264 e. The third-order valence-corrected chi connectivity index (χ3v) is 5.82. The molecule has 150 valence electrons. The second kappa shape index (κ2) is 9.59. The first-order valence-electron chi connectivity index (χ1n) is 9.51. The van der Waals surface area contributed by atoms with Crippen molar-refractivity contribution in [3.8, 4) is 11.5 Å². The van der Waals surface area contributed by atoms with Crippen LogP contribution in [-0.4, -0.2) is 36.5 Å². The lowest BCUT2D eigenvalue weighted by atomic mass is 9.93. The molecule has 0 radical (unpaired) electrons. The second-order valence-corrected chi connectivity index (χ2v) is 7.89. The largest absolute Gasteiger partial charge is 0.493 e. The van der Waals surface area contributed by atoms with Crippen LogP contribution in [0.1, 0.15) is 47.3 Å². The molecule has 1 heterocycles. The summed E-state index contributed by atoms with van der Waals surface area (Å²) >= 11 is 1.47. The van der Waals surface area contributed by atoms with Crippen LogP contribution in [0, 0.1) is 0 Å². The molecule has 1 aromatic heterocycles. The van der Waals surface area contributed by atoms with Crippen molar-refractivity contribution < 1.29 is 19.1 Å². The van der Waals surface area contributed by atoms with Crippen LogP contribution in [0.25, 0.3) is 0 Å². The van der Waals surface area contributed by atoms with Crippen LogP contribution in [0.5, 0.6) is 11.5 Å². The van der Waals surface area contributed by atoms with E-state index in [2.05, 4.69) is 0 Å². The van der Waals surface area contributed by atoms with E-state index in [1.807, 2.05) is 34.5 Å². The summed E-state index contributed by atoms with van der Waals surface area (Å²) in [6.45, 7) is 0.300. The first-order chi connectivity index (χ1) is 13.6. The minimum absolute atomic E-state index is 0.0786. The van der Waals surface area contributed by atoms with Crippen LogP contribution in [0.4, 0.5) is 0 Å². The summed E-state index contributed by atoms with van der Waals surface area (Å²) < 4.78 is 10.8. The number of ether oxygens (including phenoxy) is 2. The van der Waals surface area contributed by atoms with E-state index < -0.39 is 5.91 Å².